The number of aryl methyl sites for hydroxylation is 1. The van der Waals surface area contributed by atoms with E-state index in [1.807, 2.05) is 37.8 Å². The molecule has 0 spiro atoms. The van der Waals surface area contributed by atoms with Crippen LogP contribution in [0.15, 0.2) is 36.9 Å². The molecule has 24 heavy (non-hydrogen) atoms. The van der Waals surface area contributed by atoms with Crippen LogP contribution in [0.3, 0.4) is 0 Å². The third-order valence-corrected chi connectivity index (χ3v) is 4.69. The maximum atomic E-state index is 4.83. The van der Waals surface area contributed by atoms with E-state index in [2.05, 4.69) is 19.7 Å². The number of nitrogens with one attached hydrogen (secondary N) is 1. The molecule has 1 N–H and O–H groups in total. The predicted octanol–water partition coefficient (Wildman–Crippen LogP) is 2.95. The molecule has 4 aromatic rings. The minimum absolute atomic E-state index is 0.423. The van der Waals surface area contributed by atoms with Crippen molar-refractivity contribution in [2.75, 3.05) is 0 Å². The normalized spacial score (nSPS) is 15.0. The SMILES string of the molecule is Cn1cc(-c2nc(-c3c[nH]c4cccnc34)n(C3CCC3)n2)cn1. The second-order valence-electron chi connectivity index (χ2n) is 6.29. The van der Waals surface area contributed by atoms with E-state index >= 15 is 0 Å². The Morgan fingerprint density at radius 1 is 1.29 bits per heavy atom. The molecule has 7 heteroatoms. The molecule has 0 aliphatic heterocycles. The molecule has 1 aliphatic rings. The number of H-pyrrole nitrogens is 1. The van der Waals surface area contributed by atoms with Crippen LogP contribution in [0.2, 0.25) is 0 Å². The smallest absolute Gasteiger partial charge is 0.184 e. The number of pyridine rings is 1. The van der Waals surface area contributed by atoms with Gasteiger partial charge < -0.3 is 4.98 Å². The first-order chi connectivity index (χ1) is 11.8. The van der Waals surface area contributed by atoms with Crippen LogP contribution >= 0.6 is 0 Å². The van der Waals surface area contributed by atoms with E-state index in [1.54, 1.807) is 10.9 Å². The second-order valence-corrected chi connectivity index (χ2v) is 6.29. The standard InChI is InChI=1S/C17H17N7/c1-23-10-11(8-20-23)16-21-17(24(22-16)12-4-2-5-12)13-9-19-14-6-3-7-18-15(13)14/h3,6-10,12,19H,2,4-5H2,1H3. The minimum atomic E-state index is 0.423. The van der Waals surface area contributed by atoms with Gasteiger partial charge in [0.1, 0.15) is 0 Å². The first-order valence-corrected chi connectivity index (χ1v) is 8.17. The van der Waals surface area contributed by atoms with Gasteiger partial charge in [0.25, 0.3) is 0 Å². The van der Waals surface area contributed by atoms with Gasteiger partial charge in [0.05, 0.1) is 34.4 Å². The van der Waals surface area contributed by atoms with Crippen LogP contribution in [0.1, 0.15) is 25.3 Å². The van der Waals surface area contributed by atoms with Gasteiger partial charge in [0.2, 0.25) is 0 Å². The Hall–Kier alpha value is -2.96. The van der Waals surface area contributed by atoms with Gasteiger partial charge in [-0.2, -0.15) is 10.2 Å². The molecule has 0 amide bonds. The molecule has 4 aromatic heterocycles. The Labute approximate surface area is 138 Å². The lowest BCUT2D eigenvalue weighted by atomic mass is 9.93. The Morgan fingerprint density at radius 3 is 2.96 bits per heavy atom. The number of aromatic amines is 1. The fraction of sp³-hybridized carbons (Fsp3) is 0.294. The van der Waals surface area contributed by atoms with Gasteiger partial charge in [0, 0.05) is 25.6 Å². The van der Waals surface area contributed by atoms with Crippen molar-refractivity contribution in [1.29, 1.82) is 0 Å². The number of aromatic nitrogens is 7. The summed E-state index contributed by atoms with van der Waals surface area (Å²) in [5.41, 5.74) is 3.88. The van der Waals surface area contributed by atoms with Crippen molar-refractivity contribution >= 4 is 11.0 Å². The van der Waals surface area contributed by atoms with E-state index in [4.69, 9.17) is 10.1 Å². The lowest BCUT2D eigenvalue weighted by Gasteiger charge is -2.26. The van der Waals surface area contributed by atoms with Gasteiger partial charge >= 0.3 is 0 Å². The summed E-state index contributed by atoms with van der Waals surface area (Å²) in [6.45, 7) is 0. The molecule has 4 heterocycles. The number of rotatable bonds is 3. The Balaban J connectivity index is 1.70. The zero-order valence-corrected chi connectivity index (χ0v) is 13.3. The molecule has 0 saturated heterocycles. The van der Waals surface area contributed by atoms with Crippen LogP contribution < -0.4 is 0 Å². The number of nitrogens with zero attached hydrogens (tertiary/aromatic N) is 6. The summed E-state index contributed by atoms with van der Waals surface area (Å²) in [4.78, 5) is 12.6. The third-order valence-electron chi connectivity index (χ3n) is 4.69. The van der Waals surface area contributed by atoms with Gasteiger partial charge in [-0.25, -0.2) is 9.67 Å². The van der Waals surface area contributed by atoms with E-state index in [1.165, 1.54) is 6.42 Å². The van der Waals surface area contributed by atoms with E-state index < -0.39 is 0 Å². The number of hydrogen-bond acceptors (Lipinski definition) is 4. The third kappa shape index (κ3) is 1.97. The van der Waals surface area contributed by atoms with Gasteiger partial charge in [-0.15, -0.1) is 0 Å². The van der Waals surface area contributed by atoms with Crippen LogP contribution in [-0.2, 0) is 7.05 Å². The molecule has 0 bridgehead atoms. The fourth-order valence-corrected chi connectivity index (χ4v) is 3.18. The van der Waals surface area contributed by atoms with Crippen molar-refractivity contribution in [3.05, 3.63) is 36.9 Å². The molecule has 5 rings (SSSR count). The lowest BCUT2D eigenvalue weighted by molar-refractivity contribution is 0.292. The highest BCUT2D eigenvalue weighted by atomic mass is 15.4. The van der Waals surface area contributed by atoms with Crippen molar-refractivity contribution < 1.29 is 0 Å². The topological polar surface area (TPSA) is 77.2 Å². The molecule has 120 valence electrons. The van der Waals surface area contributed by atoms with Gasteiger partial charge in [-0.1, -0.05) is 0 Å². The van der Waals surface area contributed by atoms with Crippen LogP contribution in [-0.4, -0.2) is 34.5 Å². The van der Waals surface area contributed by atoms with Crippen LogP contribution in [0.4, 0.5) is 0 Å². The monoisotopic (exact) mass is 319 g/mol. The first-order valence-electron chi connectivity index (χ1n) is 8.17. The summed E-state index contributed by atoms with van der Waals surface area (Å²) in [7, 11) is 1.90. The minimum Gasteiger partial charge on any atom is -0.359 e. The Bertz CT molecular complexity index is 1020. The molecule has 0 radical (unpaired) electrons. The summed E-state index contributed by atoms with van der Waals surface area (Å²) < 4.78 is 3.84. The van der Waals surface area contributed by atoms with Crippen LogP contribution in [0.5, 0.6) is 0 Å². The van der Waals surface area contributed by atoms with E-state index in [0.29, 0.717) is 6.04 Å². The zero-order valence-electron chi connectivity index (χ0n) is 13.3. The van der Waals surface area contributed by atoms with E-state index in [0.717, 1.165) is 46.7 Å². The highest BCUT2D eigenvalue weighted by Gasteiger charge is 2.27. The van der Waals surface area contributed by atoms with Crippen LogP contribution in [0, 0.1) is 0 Å². The van der Waals surface area contributed by atoms with Crippen molar-refractivity contribution in [2.45, 2.75) is 25.3 Å². The number of fused-ring (bicyclic) bond motifs is 1. The largest absolute Gasteiger partial charge is 0.359 e. The Morgan fingerprint density at radius 2 is 2.21 bits per heavy atom. The fourth-order valence-electron chi connectivity index (χ4n) is 3.18. The molecule has 0 atom stereocenters. The molecule has 1 aliphatic carbocycles. The molecular formula is C17H17N7. The highest BCUT2D eigenvalue weighted by molar-refractivity contribution is 5.90. The van der Waals surface area contributed by atoms with Crippen molar-refractivity contribution in [3.8, 4) is 22.8 Å². The quantitative estimate of drug-likeness (QED) is 0.630. The zero-order chi connectivity index (χ0) is 16.1. The predicted molar refractivity (Wildman–Crippen MR) is 90.2 cm³/mol. The van der Waals surface area contributed by atoms with Gasteiger partial charge in [-0.3, -0.25) is 9.67 Å². The summed E-state index contributed by atoms with van der Waals surface area (Å²) in [6, 6.07) is 4.38. The van der Waals surface area contributed by atoms with Crippen molar-refractivity contribution in [2.24, 2.45) is 7.05 Å². The average Bonchev–Trinajstić information content (AvgIpc) is 3.23. The molecule has 0 aromatic carbocycles. The van der Waals surface area contributed by atoms with Gasteiger partial charge in [0.15, 0.2) is 11.6 Å². The van der Waals surface area contributed by atoms with Crippen molar-refractivity contribution in [1.82, 2.24) is 34.5 Å². The molecule has 1 fully saturated rings. The summed E-state index contributed by atoms with van der Waals surface area (Å²) in [5.74, 6) is 1.60. The summed E-state index contributed by atoms with van der Waals surface area (Å²) in [6.07, 6.45) is 11.1. The molecule has 0 unspecified atom stereocenters. The van der Waals surface area contributed by atoms with E-state index in [-0.39, 0.29) is 0 Å². The first kappa shape index (κ1) is 13.5. The highest BCUT2D eigenvalue weighted by Crippen LogP contribution is 2.36. The average molecular weight is 319 g/mol. The Kier molecular flexibility index (Phi) is 2.82. The van der Waals surface area contributed by atoms with Crippen molar-refractivity contribution in [3.63, 3.8) is 0 Å². The molecule has 1 saturated carbocycles. The summed E-state index contributed by atoms with van der Waals surface area (Å²) >= 11 is 0. The maximum absolute atomic E-state index is 4.83. The maximum Gasteiger partial charge on any atom is 0.184 e. The lowest BCUT2D eigenvalue weighted by Crippen LogP contribution is -2.19. The number of hydrogen-bond donors (Lipinski definition) is 1. The summed E-state index contributed by atoms with van der Waals surface area (Å²) in [5, 5.41) is 9.02. The van der Waals surface area contributed by atoms with Crippen LogP contribution in [0.25, 0.3) is 33.8 Å². The molecule has 7 nitrogen and oxygen atoms in total. The van der Waals surface area contributed by atoms with Gasteiger partial charge in [-0.05, 0) is 31.4 Å². The second kappa shape index (κ2) is 5.02. The molecular weight excluding hydrogens is 302 g/mol. The van der Waals surface area contributed by atoms with E-state index in [9.17, 15) is 0 Å².